The fraction of sp³-hybridized carbons (Fsp3) is 0.669. The number of benzene rings is 7. The van der Waals surface area contributed by atoms with Crippen LogP contribution in [0.1, 0.15) is 435 Å². The molecule has 2 saturated heterocycles. The molecule has 0 aromatic heterocycles. The zero-order valence-corrected chi connectivity index (χ0v) is 92.7. The average molecular weight is 1980 g/mol. The molecule has 0 amide bonds. The predicted octanol–water partition coefficient (Wildman–Crippen LogP) is 43.1. The summed E-state index contributed by atoms with van der Waals surface area (Å²) in [5.74, 6) is -0.350. The number of hydrogen-bond acceptors (Lipinski definition) is 3. The molecule has 0 radical (unpaired) electrons. The Hall–Kier alpha value is -4.99. The van der Waals surface area contributed by atoms with E-state index in [1.165, 1.54) is 130 Å². The van der Waals surface area contributed by atoms with Crippen LogP contribution in [0.3, 0.4) is 0 Å². The largest absolute Gasteiger partial charge is 0.350 e. The van der Waals surface area contributed by atoms with Crippen molar-refractivity contribution in [2.75, 3.05) is 32.8 Å². The molecule has 10 heteroatoms. The van der Waals surface area contributed by atoms with Crippen LogP contribution in [-0.2, 0) is 54.4 Å². The first-order valence-corrected chi connectivity index (χ1v) is 50.2. The summed E-state index contributed by atoms with van der Waals surface area (Å²) in [5, 5.41) is 2.41. The van der Waals surface area contributed by atoms with Crippen LogP contribution in [0.4, 0.5) is 17.6 Å². The Bertz CT molecular complexity index is 4070. The van der Waals surface area contributed by atoms with Crippen molar-refractivity contribution in [2.24, 2.45) is 76.3 Å². The van der Waals surface area contributed by atoms with Gasteiger partial charge in [0.25, 0.3) is 0 Å². The molecule has 794 valence electrons. The van der Waals surface area contributed by atoms with E-state index in [0.717, 1.165) is 108 Å². The van der Waals surface area contributed by atoms with Gasteiger partial charge in [-0.05, 0) is 289 Å². The Morgan fingerprint density at radius 3 is 1.05 bits per heavy atom. The highest BCUT2D eigenvalue weighted by molar-refractivity contribution is 6.36. The fourth-order valence-corrected chi connectivity index (χ4v) is 16.0. The molecule has 3 nitrogen and oxygen atoms in total. The van der Waals surface area contributed by atoms with Gasteiger partial charge in [0.1, 0.15) is 23.3 Å². The number of nitrogens with zero attached hydrogens (tertiary/aromatic N) is 1. The van der Waals surface area contributed by atoms with Crippen LogP contribution in [0.2, 0.25) is 15.1 Å². The molecule has 0 unspecified atom stereocenters. The maximum atomic E-state index is 13.2. The van der Waals surface area contributed by atoms with E-state index >= 15 is 0 Å². The minimum atomic E-state index is -0.449. The molecule has 0 bridgehead atoms. The molecular weight excluding hydrogens is 1750 g/mol. The van der Waals surface area contributed by atoms with Gasteiger partial charge in [-0.3, -0.25) is 0 Å². The predicted molar refractivity (Wildman–Crippen MR) is 614 cm³/mol. The Morgan fingerprint density at radius 2 is 0.693 bits per heavy atom. The Kier molecular flexibility index (Phi) is 68.5. The molecule has 2 aliphatic heterocycles. The number of hydrogen-bond donors (Lipinski definition) is 0. The molecule has 7 aromatic carbocycles. The summed E-state index contributed by atoms with van der Waals surface area (Å²) < 4.78 is 64.3. The SMILES string of the molecule is C.C.C.C.C.C.C.CC(C)(C)CC1(C)CCC1.CC(C)(C)CC1CC1.CC(C)(C)CCC1(C)OCC(C)(C)CO1.CC(C)(C)CCN1CCCC1.CC(C)(C)Cc1c(Cl)cccc1Cl.CC(C)(C)Cc1c(F)cccc1F.CC(C)(C)Cc1ccccc1.CC(C)(C)Cc1ccccc1Cl.CC(C)(C)Cc1ccccc1F.Cc1ccc(CC(C)(C)C)cc1.Cc1ccc(CC(C)(C)C)cc1F. The molecule has 2 heterocycles. The summed E-state index contributed by atoms with van der Waals surface area (Å²) in [6.45, 7) is 91.5. The van der Waals surface area contributed by atoms with Crippen molar-refractivity contribution in [3.05, 3.63) is 246 Å². The molecule has 0 atom stereocenters. The lowest BCUT2D eigenvalue weighted by Gasteiger charge is -2.42. The van der Waals surface area contributed by atoms with Gasteiger partial charge in [-0.25, -0.2) is 17.6 Å². The first kappa shape index (κ1) is 145. The highest BCUT2D eigenvalue weighted by atomic mass is 35.5. The standard InChI is InChI=1S/C13H26O2.C12H17F.C12H18.C11H14Cl2.C11H15Cl.C11H14F2.C11H15F.C11H16.C10H21N.C10H20.C8H16.7CH4/c1-11(2,3)7-8-13(6)14-9-12(4,5)10-15-13;1-9-5-6-10(7-11(9)13)8-12(2,3)4;1-10-5-7-11(8-6-10)9-12(2,3)4;1-11(2,3)7-8-9(12)5-4-6-10(8)13;1-11(2,3)8-9-6-4-5-7-10(9)12;1-11(2,3)7-8-9(12)5-4-6-10(8)13;1-11(2,3)8-9-6-4-5-7-10(9)12;1-11(2,3)9-10-7-5-4-6-8-10;1-10(2,3)6-9-11-7-4-5-8-11;1-9(2,3)8-10(4)6-5-7-10;1-8(2,3)6-7-4-5-7;;;;;;;/h7-10H2,1-6H3;5-7H,8H2,1-4H3;5-8H,9H2,1-4H3;4-6H,7H2,1-3H3;4-7H,8H2,1-3H3;4-6H,7H2,1-3H3;4-7H,8H2,1-3H3;4-8H,9H2,1-3H3;4-9H2,1-3H3;5-8H2,1-4H3;7H,4-6H2,1-3H3;7*1H4. The first-order valence-electron chi connectivity index (χ1n) is 49.1. The zero-order chi connectivity index (χ0) is 100. The zero-order valence-electron chi connectivity index (χ0n) is 90.5. The van der Waals surface area contributed by atoms with Gasteiger partial charge in [0.2, 0.25) is 0 Å². The third-order valence-electron chi connectivity index (χ3n) is 21.7. The van der Waals surface area contributed by atoms with Gasteiger partial charge in [-0.2, -0.15) is 0 Å². The number of rotatable bonds is 13. The molecule has 2 saturated carbocycles. The van der Waals surface area contributed by atoms with Gasteiger partial charge in [0.05, 0.1) is 13.2 Å². The van der Waals surface area contributed by atoms with Crippen molar-refractivity contribution in [3.8, 4) is 0 Å². The van der Waals surface area contributed by atoms with E-state index in [2.05, 4.69) is 308 Å². The summed E-state index contributed by atoms with van der Waals surface area (Å²) in [6, 6.07) is 49.5. The number of ether oxygens (including phenoxy) is 2. The molecule has 0 N–H and O–H groups in total. The van der Waals surface area contributed by atoms with E-state index in [-0.39, 0.29) is 102 Å². The van der Waals surface area contributed by atoms with E-state index in [1.54, 1.807) is 19.1 Å². The summed E-state index contributed by atoms with van der Waals surface area (Å²) in [7, 11) is 0. The molecule has 4 fully saturated rings. The van der Waals surface area contributed by atoms with Gasteiger partial charge in [0, 0.05) is 32.5 Å². The van der Waals surface area contributed by atoms with E-state index in [1.807, 2.05) is 81.4 Å². The molecule has 2 aliphatic carbocycles. The van der Waals surface area contributed by atoms with Crippen LogP contribution in [0.15, 0.2) is 158 Å². The number of likely N-dealkylation sites (tertiary alicyclic amines) is 1. The van der Waals surface area contributed by atoms with Gasteiger partial charge in [-0.15, -0.1) is 0 Å². The summed E-state index contributed by atoms with van der Waals surface area (Å²) in [4.78, 5) is 2.59. The summed E-state index contributed by atoms with van der Waals surface area (Å²) >= 11 is 18.1. The summed E-state index contributed by atoms with van der Waals surface area (Å²) in [5.41, 5.74) is 13.8. The van der Waals surface area contributed by atoms with Gasteiger partial charge >= 0.3 is 0 Å². The van der Waals surface area contributed by atoms with Gasteiger partial charge < -0.3 is 14.4 Å². The maximum Gasteiger partial charge on any atom is 0.165 e. The van der Waals surface area contributed by atoms with Crippen LogP contribution in [0, 0.1) is 113 Å². The third-order valence-corrected chi connectivity index (χ3v) is 22.7. The van der Waals surface area contributed by atoms with Crippen LogP contribution < -0.4 is 0 Å². The highest BCUT2D eigenvalue weighted by Gasteiger charge is 2.38. The minimum Gasteiger partial charge on any atom is -0.350 e. The molecular formula is C127H220Cl3F4NO2. The van der Waals surface area contributed by atoms with E-state index in [4.69, 9.17) is 44.3 Å². The molecule has 0 spiro atoms. The van der Waals surface area contributed by atoms with Crippen molar-refractivity contribution in [1.29, 1.82) is 0 Å². The minimum absolute atomic E-state index is 0. The second kappa shape index (κ2) is 64.7. The molecule has 4 aliphatic rings. The Morgan fingerprint density at radius 1 is 0.336 bits per heavy atom. The van der Waals surface area contributed by atoms with Crippen LogP contribution >= 0.6 is 34.8 Å². The highest BCUT2D eigenvalue weighted by Crippen LogP contribution is 2.48. The average Bonchev–Trinajstić information content (AvgIpc) is 0.852. The molecule has 7 aromatic rings. The summed E-state index contributed by atoms with van der Waals surface area (Å²) in [6.07, 6.45) is 22.9. The van der Waals surface area contributed by atoms with E-state index in [9.17, 15) is 17.6 Å². The maximum absolute atomic E-state index is 13.2. The molecule has 11 rings (SSSR count). The topological polar surface area (TPSA) is 21.7 Å². The first-order chi connectivity index (χ1) is 58.9. The van der Waals surface area contributed by atoms with Crippen LogP contribution in [0.5, 0.6) is 0 Å². The lowest BCUT2D eigenvalue weighted by molar-refractivity contribution is -0.293. The van der Waals surface area contributed by atoms with Crippen LogP contribution in [0.25, 0.3) is 0 Å². The van der Waals surface area contributed by atoms with Crippen LogP contribution in [-0.4, -0.2) is 43.5 Å². The second-order valence-electron chi connectivity index (χ2n) is 52.7. The third kappa shape index (κ3) is 78.2. The van der Waals surface area contributed by atoms with Crippen molar-refractivity contribution < 1.29 is 27.0 Å². The quantitative estimate of drug-likeness (QED) is 0.107. The molecule has 137 heavy (non-hydrogen) atoms. The Balaban J connectivity index is -0.000000271. The van der Waals surface area contributed by atoms with Gasteiger partial charge in [-0.1, -0.05) is 476 Å². The van der Waals surface area contributed by atoms with Crippen molar-refractivity contribution in [2.45, 2.75) is 450 Å². The lowest BCUT2D eigenvalue weighted by Crippen LogP contribution is -2.45. The fourth-order valence-electron chi connectivity index (χ4n) is 15.2. The smallest absolute Gasteiger partial charge is 0.165 e. The Labute approximate surface area is 865 Å². The monoisotopic (exact) mass is 1970 g/mol. The van der Waals surface area contributed by atoms with Crippen molar-refractivity contribution in [1.82, 2.24) is 4.90 Å². The number of aryl methyl sites for hydroxylation is 2. The van der Waals surface area contributed by atoms with E-state index < -0.39 is 11.6 Å². The van der Waals surface area contributed by atoms with Gasteiger partial charge in [0.15, 0.2) is 5.79 Å². The number of halogens is 7. The lowest BCUT2D eigenvalue weighted by atomic mass is 9.63. The second-order valence-corrected chi connectivity index (χ2v) is 53.9. The van der Waals surface area contributed by atoms with Crippen molar-refractivity contribution in [3.63, 3.8) is 0 Å². The normalized spacial score (nSPS) is 14.8. The van der Waals surface area contributed by atoms with Crippen molar-refractivity contribution >= 4 is 34.8 Å². The van der Waals surface area contributed by atoms with E-state index in [0.29, 0.717) is 49.7 Å².